The summed E-state index contributed by atoms with van der Waals surface area (Å²) in [6, 6.07) is 5.37. The molecule has 0 spiro atoms. The Morgan fingerprint density at radius 2 is 1.67 bits per heavy atom. The molecule has 1 heterocycles. The molecule has 218 valence electrons. The third-order valence-corrected chi connectivity index (χ3v) is 6.79. The number of nitrogens with one attached hydrogen (secondary N) is 2. The van der Waals surface area contributed by atoms with Gasteiger partial charge in [0.1, 0.15) is 17.8 Å². The Morgan fingerprint density at radius 3 is 2.23 bits per heavy atom. The summed E-state index contributed by atoms with van der Waals surface area (Å²) in [6.45, 7) is 17.3. The number of likely N-dealkylation sites (N-methyl/N-ethyl adjacent to an activating group) is 1. The Kier molecular flexibility index (Phi) is 10.6. The Morgan fingerprint density at radius 1 is 1.05 bits per heavy atom. The molecule has 39 heavy (non-hydrogen) atoms. The normalized spacial score (nSPS) is 16.7. The van der Waals surface area contributed by atoms with Crippen LogP contribution in [0.25, 0.3) is 0 Å². The monoisotopic (exact) mass is 544 g/mol. The molecule has 1 aliphatic heterocycles. The molecule has 0 aliphatic carbocycles. The highest BCUT2D eigenvalue weighted by atomic mass is 16.5. The molecular formula is C30H48N4O5. The second kappa shape index (κ2) is 12.8. The van der Waals surface area contributed by atoms with Gasteiger partial charge < -0.3 is 25.2 Å². The first-order chi connectivity index (χ1) is 17.9. The van der Waals surface area contributed by atoms with E-state index in [1.165, 1.54) is 0 Å². The zero-order valence-corrected chi connectivity index (χ0v) is 25.4. The lowest BCUT2D eigenvalue weighted by atomic mass is 10.0. The maximum Gasteiger partial charge on any atom is 0.264 e. The Balaban J connectivity index is 2.28. The van der Waals surface area contributed by atoms with E-state index in [0.717, 1.165) is 6.42 Å². The van der Waals surface area contributed by atoms with Crippen LogP contribution in [0.4, 0.5) is 0 Å². The summed E-state index contributed by atoms with van der Waals surface area (Å²) in [5.74, 6) is -0.756. The highest BCUT2D eigenvalue weighted by Gasteiger charge is 2.40. The smallest absolute Gasteiger partial charge is 0.264 e. The van der Waals surface area contributed by atoms with Gasteiger partial charge in [0.15, 0.2) is 5.60 Å². The molecule has 2 N–H and O–H groups in total. The summed E-state index contributed by atoms with van der Waals surface area (Å²) in [6.07, 6.45) is 1.76. The number of para-hydroxylation sites is 1. The molecule has 1 fully saturated rings. The predicted octanol–water partition coefficient (Wildman–Crippen LogP) is 3.76. The minimum atomic E-state index is -1.25. The molecule has 4 amide bonds. The number of rotatable bonds is 10. The van der Waals surface area contributed by atoms with Gasteiger partial charge in [-0.15, -0.1) is 0 Å². The van der Waals surface area contributed by atoms with Crippen LogP contribution < -0.4 is 15.4 Å². The van der Waals surface area contributed by atoms with Crippen LogP contribution >= 0.6 is 0 Å². The molecule has 0 radical (unpaired) electrons. The second-order valence-electron chi connectivity index (χ2n) is 12.7. The van der Waals surface area contributed by atoms with Crippen molar-refractivity contribution in [3.63, 3.8) is 0 Å². The fraction of sp³-hybridized carbons (Fsp3) is 0.667. The molecule has 9 heteroatoms. The van der Waals surface area contributed by atoms with Gasteiger partial charge in [-0.2, -0.15) is 0 Å². The van der Waals surface area contributed by atoms with Crippen LogP contribution in [0.3, 0.4) is 0 Å². The van der Waals surface area contributed by atoms with Crippen molar-refractivity contribution in [2.45, 2.75) is 111 Å². The van der Waals surface area contributed by atoms with E-state index in [-0.39, 0.29) is 41.0 Å². The SMILES string of the molecule is CC(C)C[C@@H](NC(=O)c1ccccc1OC(C)(C)C(=O)NC(C)(C)C)C(=O)N1CCC[C@@H]1C(=O)N(C)C(C)C. The summed E-state index contributed by atoms with van der Waals surface area (Å²) in [4.78, 5) is 56.5. The van der Waals surface area contributed by atoms with Gasteiger partial charge in [0.2, 0.25) is 11.8 Å². The number of amides is 4. The molecule has 9 nitrogen and oxygen atoms in total. The number of hydrogen-bond donors (Lipinski definition) is 2. The Hall–Kier alpha value is -3.10. The molecule has 2 rings (SSSR count). The molecule has 0 bridgehead atoms. The second-order valence-corrected chi connectivity index (χ2v) is 12.7. The molecule has 0 unspecified atom stereocenters. The predicted molar refractivity (Wildman–Crippen MR) is 152 cm³/mol. The minimum Gasteiger partial charge on any atom is -0.477 e. The maximum absolute atomic E-state index is 13.7. The van der Waals surface area contributed by atoms with Gasteiger partial charge in [-0.1, -0.05) is 26.0 Å². The van der Waals surface area contributed by atoms with Crippen LogP contribution in [0.1, 0.15) is 91.9 Å². The number of nitrogens with zero attached hydrogens (tertiary/aromatic N) is 2. The molecule has 1 aromatic carbocycles. The van der Waals surface area contributed by atoms with Crippen LogP contribution in [-0.4, -0.2) is 76.3 Å². The molecule has 0 aromatic heterocycles. The average molecular weight is 545 g/mol. The number of benzene rings is 1. The van der Waals surface area contributed by atoms with Crippen LogP contribution in [0.5, 0.6) is 5.75 Å². The van der Waals surface area contributed by atoms with E-state index in [4.69, 9.17) is 4.74 Å². The first kappa shape index (κ1) is 32.1. The van der Waals surface area contributed by atoms with Crippen molar-refractivity contribution >= 4 is 23.6 Å². The van der Waals surface area contributed by atoms with Gasteiger partial charge in [0, 0.05) is 25.2 Å². The molecular weight excluding hydrogens is 496 g/mol. The van der Waals surface area contributed by atoms with Gasteiger partial charge in [-0.05, 0) is 85.8 Å². The zero-order chi connectivity index (χ0) is 29.7. The van der Waals surface area contributed by atoms with Crippen LogP contribution in [0, 0.1) is 5.92 Å². The first-order valence-corrected chi connectivity index (χ1v) is 13.9. The van der Waals surface area contributed by atoms with E-state index in [2.05, 4.69) is 10.6 Å². The van der Waals surface area contributed by atoms with Gasteiger partial charge in [-0.25, -0.2) is 0 Å². The van der Waals surface area contributed by atoms with Gasteiger partial charge in [0.05, 0.1) is 5.56 Å². The largest absolute Gasteiger partial charge is 0.477 e. The molecule has 1 aromatic rings. The lowest BCUT2D eigenvalue weighted by Crippen LogP contribution is -2.54. The molecule has 1 aliphatic rings. The van der Waals surface area contributed by atoms with E-state index in [1.807, 2.05) is 48.5 Å². The van der Waals surface area contributed by atoms with Crippen molar-refractivity contribution in [1.82, 2.24) is 20.4 Å². The van der Waals surface area contributed by atoms with E-state index in [9.17, 15) is 19.2 Å². The topological polar surface area (TPSA) is 108 Å². The molecule has 2 atom stereocenters. The lowest BCUT2D eigenvalue weighted by molar-refractivity contribution is -0.145. The van der Waals surface area contributed by atoms with Crippen molar-refractivity contribution in [1.29, 1.82) is 0 Å². The maximum atomic E-state index is 13.7. The van der Waals surface area contributed by atoms with Gasteiger partial charge in [0.25, 0.3) is 11.8 Å². The van der Waals surface area contributed by atoms with Crippen molar-refractivity contribution in [3.8, 4) is 5.75 Å². The van der Waals surface area contributed by atoms with Crippen molar-refractivity contribution in [2.75, 3.05) is 13.6 Å². The van der Waals surface area contributed by atoms with E-state index >= 15 is 0 Å². The molecule has 1 saturated heterocycles. The van der Waals surface area contributed by atoms with Crippen LogP contribution in [-0.2, 0) is 14.4 Å². The van der Waals surface area contributed by atoms with Crippen LogP contribution in [0.2, 0.25) is 0 Å². The van der Waals surface area contributed by atoms with Gasteiger partial charge >= 0.3 is 0 Å². The van der Waals surface area contributed by atoms with Crippen molar-refractivity contribution < 1.29 is 23.9 Å². The number of ether oxygens (including phenoxy) is 1. The van der Waals surface area contributed by atoms with Crippen molar-refractivity contribution in [3.05, 3.63) is 29.8 Å². The summed E-state index contributed by atoms with van der Waals surface area (Å²) in [7, 11) is 1.75. The molecule has 0 saturated carbocycles. The Labute approximate surface area is 234 Å². The number of carbonyl (C=O) groups is 4. The summed E-state index contributed by atoms with van der Waals surface area (Å²) in [5.41, 5.74) is -1.47. The summed E-state index contributed by atoms with van der Waals surface area (Å²) >= 11 is 0. The third-order valence-electron chi connectivity index (χ3n) is 6.79. The standard InChI is InChI=1S/C30H48N4O5/c1-19(2)18-22(26(36)34-17-13-15-23(34)27(37)33(10)20(3)4)31-25(35)21-14-11-12-16-24(21)39-30(8,9)28(38)32-29(5,6)7/h11-12,14,16,19-20,22-23H,13,15,17-18H2,1-10H3,(H,31,35)(H,32,38)/t22-,23-/m1/s1. The highest BCUT2D eigenvalue weighted by Crippen LogP contribution is 2.26. The van der Waals surface area contributed by atoms with Gasteiger partial charge in [-0.3, -0.25) is 19.2 Å². The summed E-state index contributed by atoms with van der Waals surface area (Å²) < 4.78 is 6.06. The quantitative estimate of drug-likeness (QED) is 0.466. The number of likely N-dealkylation sites (tertiary alicyclic amines) is 1. The lowest BCUT2D eigenvalue weighted by Gasteiger charge is -2.33. The number of hydrogen-bond acceptors (Lipinski definition) is 5. The van der Waals surface area contributed by atoms with E-state index in [1.54, 1.807) is 55.0 Å². The highest BCUT2D eigenvalue weighted by molar-refractivity contribution is 6.00. The van der Waals surface area contributed by atoms with E-state index < -0.39 is 29.1 Å². The zero-order valence-electron chi connectivity index (χ0n) is 25.4. The average Bonchev–Trinajstić information content (AvgIpc) is 3.30. The Bertz CT molecular complexity index is 1040. The fourth-order valence-electron chi connectivity index (χ4n) is 4.46. The number of carbonyl (C=O) groups excluding carboxylic acids is 4. The van der Waals surface area contributed by atoms with E-state index in [0.29, 0.717) is 19.4 Å². The third kappa shape index (κ3) is 8.70. The fourth-order valence-corrected chi connectivity index (χ4v) is 4.46. The van der Waals surface area contributed by atoms with Crippen molar-refractivity contribution in [2.24, 2.45) is 5.92 Å². The van der Waals surface area contributed by atoms with Crippen LogP contribution in [0.15, 0.2) is 24.3 Å². The first-order valence-electron chi connectivity index (χ1n) is 13.9. The minimum absolute atomic E-state index is 0.0208. The summed E-state index contributed by atoms with van der Waals surface area (Å²) in [5, 5.41) is 5.82.